The van der Waals surface area contributed by atoms with Crippen LogP contribution in [-0.2, 0) is 11.8 Å². The molecule has 0 bridgehead atoms. The lowest BCUT2D eigenvalue weighted by Crippen LogP contribution is -2.36. The van der Waals surface area contributed by atoms with E-state index in [1.54, 1.807) is 18.5 Å². The molecule has 1 amide bonds. The molecule has 7 heteroatoms. The average Bonchev–Trinajstić information content (AvgIpc) is 3.11. The largest absolute Gasteiger partial charge is 0.378 e. The van der Waals surface area contributed by atoms with Gasteiger partial charge in [-0.3, -0.25) is 4.79 Å². The first-order valence-electron chi connectivity index (χ1n) is 11.1. The van der Waals surface area contributed by atoms with Crippen molar-refractivity contribution in [3.05, 3.63) is 71.7 Å². The Hall–Kier alpha value is -3.71. The number of aryl methyl sites for hydroxylation is 1. The van der Waals surface area contributed by atoms with Crippen molar-refractivity contribution in [3.8, 4) is 11.3 Å². The molecule has 4 aromatic rings. The molecule has 0 atom stereocenters. The summed E-state index contributed by atoms with van der Waals surface area (Å²) in [7, 11) is 2.08. The minimum atomic E-state index is -0.205. The first-order chi connectivity index (χ1) is 16.0. The van der Waals surface area contributed by atoms with E-state index in [0.717, 1.165) is 35.2 Å². The Labute approximate surface area is 193 Å². The summed E-state index contributed by atoms with van der Waals surface area (Å²) in [5.74, 6) is 1.10. The third kappa shape index (κ3) is 4.19. The molecule has 1 saturated heterocycles. The van der Waals surface area contributed by atoms with Crippen LogP contribution in [0.2, 0.25) is 0 Å². The zero-order valence-electron chi connectivity index (χ0n) is 19.1. The van der Waals surface area contributed by atoms with E-state index in [4.69, 9.17) is 4.74 Å². The summed E-state index contributed by atoms with van der Waals surface area (Å²) >= 11 is 0. The quantitative estimate of drug-likeness (QED) is 0.510. The number of nitrogens with one attached hydrogen (secondary N) is 1. The number of carbonyl (C=O) groups is 1. The minimum Gasteiger partial charge on any atom is -0.378 e. The predicted molar refractivity (Wildman–Crippen MR) is 131 cm³/mol. The molecular formula is C26H27N5O2. The molecule has 1 N–H and O–H groups in total. The molecule has 33 heavy (non-hydrogen) atoms. The van der Waals surface area contributed by atoms with Gasteiger partial charge in [0.1, 0.15) is 11.6 Å². The van der Waals surface area contributed by atoms with Gasteiger partial charge in [-0.2, -0.15) is 0 Å². The van der Waals surface area contributed by atoms with Crippen molar-refractivity contribution < 1.29 is 9.53 Å². The van der Waals surface area contributed by atoms with Crippen LogP contribution in [0.5, 0.6) is 0 Å². The van der Waals surface area contributed by atoms with Gasteiger partial charge in [0.2, 0.25) is 0 Å². The van der Waals surface area contributed by atoms with Crippen molar-refractivity contribution in [2.24, 2.45) is 7.05 Å². The molecule has 5 rings (SSSR count). The van der Waals surface area contributed by atoms with Gasteiger partial charge >= 0.3 is 0 Å². The Bertz CT molecular complexity index is 1340. The van der Waals surface area contributed by atoms with Gasteiger partial charge in [0, 0.05) is 54.9 Å². The molecule has 4 heterocycles. The summed E-state index contributed by atoms with van der Waals surface area (Å²) < 4.78 is 7.61. The van der Waals surface area contributed by atoms with E-state index in [2.05, 4.69) is 69.9 Å². The maximum absolute atomic E-state index is 12.9. The van der Waals surface area contributed by atoms with Gasteiger partial charge in [-0.15, -0.1) is 0 Å². The Morgan fingerprint density at radius 3 is 2.58 bits per heavy atom. The molecule has 3 aromatic heterocycles. The van der Waals surface area contributed by atoms with Crippen LogP contribution in [0.25, 0.3) is 22.0 Å². The minimum absolute atomic E-state index is 0.205. The van der Waals surface area contributed by atoms with Crippen LogP contribution in [-0.4, -0.2) is 46.7 Å². The lowest BCUT2D eigenvalue weighted by molar-refractivity contribution is 0.102. The fraction of sp³-hybridized carbons (Fsp3) is 0.269. The molecule has 7 nitrogen and oxygen atoms in total. The van der Waals surface area contributed by atoms with E-state index in [1.165, 1.54) is 17.0 Å². The molecule has 0 saturated carbocycles. The van der Waals surface area contributed by atoms with Gasteiger partial charge in [-0.25, -0.2) is 9.97 Å². The van der Waals surface area contributed by atoms with Gasteiger partial charge in [-0.05, 0) is 60.7 Å². The van der Waals surface area contributed by atoms with Crippen LogP contribution in [0.15, 0.2) is 54.9 Å². The monoisotopic (exact) mass is 441 g/mol. The number of carbonyl (C=O) groups excluding carboxylic acids is 1. The summed E-state index contributed by atoms with van der Waals surface area (Å²) in [6.45, 7) is 7.13. The van der Waals surface area contributed by atoms with Crippen molar-refractivity contribution in [2.45, 2.75) is 13.8 Å². The van der Waals surface area contributed by atoms with Gasteiger partial charge in [0.05, 0.1) is 13.2 Å². The number of fused-ring (bicyclic) bond motifs is 1. The number of pyridine rings is 2. The molecule has 1 fully saturated rings. The number of benzene rings is 1. The zero-order valence-corrected chi connectivity index (χ0v) is 19.1. The molecule has 1 aliphatic rings. The van der Waals surface area contributed by atoms with Crippen LogP contribution in [0.1, 0.15) is 21.6 Å². The summed E-state index contributed by atoms with van der Waals surface area (Å²) in [4.78, 5) is 23.9. The number of hydrogen-bond acceptors (Lipinski definition) is 5. The molecule has 168 valence electrons. The highest BCUT2D eigenvalue weighted by Crippen LogP contribution is 2.28. The van der Waals surface area contributed by atoms with E-state index in [1.807, 2.05) is 12.1 Å². The van der Waals surface area contributed by atoms with Gasteiger partial charge in [-0.1, -0.05) is 12.1 Å². The van der Waals surface area contributed by atoms with Crippen molar-refractivity contribution >= 4 is 28.3 Å². The SMILES string of the molecule is Cc1cc(-c2ccc3cnc(NC(=O)c4ccnc(N5CCOCC5)c4)cc3c2)n(C)c1C. The number of aromatic nitrogens is 3. The predicted octanol–water partition coefficient (Wildman–Crippen LogP) is 4.34. The van der Waals surface area contributed by atoms with Crippen molar-refractivity contribution in [1.29, 1.82) is 0 Å². The number of amides is 1. The zero-order chi connectivity index (χ0) is 22.9. The maximum Gasteiger partial charge on any atom is 0.257 e. The lowest BCUT2D eigenvalue weighted by atomic mass is 10.1. The van der Waals surface area contributed by atoms with E-state index in [0.29, 0.717) is 24.6 Å². The van der Waals surface area contributed by atoms with E-state index in [-0.39, 0.29) is 5.91 Å². The van der Waals surface area contributed by atoms with Crippen LogP contribution < -0.4 is 10.2 Å². The molecular weight excluding hydrogens is 414 g/mol. The number of hydrogen-bond donors (Lipinski definition) is 1. The Kier molecular flexibility index (Phi) is 5.56. The fourth-order valence-corrected chi connectivity index (χ4v) is 4.21. The van der Waals surface area contributed by atoms with Crippen molar-refractivity contribution in [1.82, 2.24) is 14.5 Å². The molecule has 0 aliphatic carbocycles. The topological polar surface area (TPSA) is 72.3 Å². The number of anilines is 2. The third-order valence-electron chi connectivity index (χ3n) is 6.39. The Morgan fingerprint density at radius 2 is 1.82 bits per heavy atom. The molecule has 0 unspecified atom stereocenters. The van der Waals surface area contributed by atoms with E-state index in [9.17, 15) is 4.79 Å². The second-order valence-electron chi connectivity index (χ2n) is 8.44. The highest BCUT2D eigenvalue weighted by molar-refractivity contribution is 6.05. The first kappa shape index (κ1) is 21.2. The summed E-state index contributed by atoms with van der Waals surface area (Å²) in [5.41, 5.74) is 5.37. The standard InChI is InChI=1S/C26H27N5O2/c1-17-12-23(30(3)18(17)2)19-4-5-21-16-28-24(14-22(21)13-19)29-26(32)20-6-7-27-25(15-20)31-8-10-33-11-9-31/h4-7,12-16H,8-11H2,1-3H3,(H,28,29,32). The lowest BCUT2D eigenvalue weighted by Gasteiger charge is -2.27. The number of rotatable bonds is 4. The highest BCUT2D eigenvalue weighted by Gasteiger charge is 2.15. The normalized spacial score (nSPS) is 14.0. The van der Waals surface area contributed by atoms with Crippen molar-refractivity contribution in [3.63, 3.8) is 0 Å². The van der Waals surface area contributed by atoms with E-state index >= 15 is 0 Å². The van der Waals surface area contributed by atoms with Gasteiger partial charge in [0.15, 0.2) is 0 Å². The summed E-state index contributed by atoms with van der Waals surface area (Å²) in [5, 5.41) is 4.99. The molecule has 1 aliphatic heterocycles. The van der Waals surface area contributed by atoms with Gasteiger partial charge in [0.25, 0.3) is 5.91 Å². The smallest absolute Gasteiger partial charge is 0.257 e. The van der Waals surface area contributed by atoms with Crippen molar-refractivity contribution in [2.75, 3.05) is 36.5 Å². The molecule has 0 radical (unpaired) electrons. The van der Waals surface area contributed by atoms with Crippen LogP contribution in [0, 0.1) is 13.8 Å². The highest BCUT2D eigenvalue weighted by atomic mass is 16.5. The Morgan fingerprint density at radius 1 is 1.00 bits per heavy atom. The fourth-order valence-electron chi connectivity index (χ4n) is 4.21. The third-order valence-corrected chi connectivity index (χ3v) is 6.39. The van der Waals surface area contributed by atoms with Crippen LogP contribution in [0.4, 0.5) is 11.6 Å². The first-order valence-corrected chi connectivity index (χ1v) is 11.1. The average molecular weight is 442 g/mol. The summed E-state index contributed by atoms with van der Waals surface area (Å²) in [6.07, 6.45) is 3.46. The van der Waals surface area contributed by atoms with Gasteiger partial charge < -0.3 is 19.5 Å². The maximum atomic E-state index is 12.9. The second kappa shape index (κ2) is 8.67. The summed E-state index contributed by atoms with van der Waals surface area (Å²) in [6, 6.07) is 14.0. The molecule has 1 aromatic carbocycles. The van der Waals surface area contributed by atoms with Crippen LogP contribution >= 0.6 is 0 Å². The number of nitrogens with zero attached hydrogens (tertiary/aromatic N) is 4. The van der Waals surface area contributed by atoms with Crippen LogP contribution in [0.3, 0.4) is 0 Å². The number of ether oxygens (including phenoxy) is 1. The Balaban J connectivity index is 1.40. The number of morpholine rings is 1. The molecule has 0 spiro atoms. The van der Waals surface area contributed by atoms with E-state index < -0.39 is 0 Å². The second-order valence-corrected chi connectivity index (χ2v) is 8.44.